The standard InChI is InChI=1S/C11H13N7O2S/c1-6(2)7-3-12-11-18(4-7)5-8(21(11)20)9(19)13-10-14-16-17-15-10/h3-4,6H,5H2,1-2H3,(H2,13,14,15,16,17,19). The number of fused-ring (bicyclic) bond motifs is 1. The molecule has 1 amide bonds. The summed E-state index contributed by atoms with van der Waals surface area (Å²) in [7, 11) is -1.58. The monoisotopic (exact) mass is 307 g/mol. The zero-order valence-electron chi connectivity index (χ0n) is 11.4. The number of allylic oxidation sites excluding steroid dienone is 1. The minimum atomic E-state index is -1.58. The number of nitrogens with one attached hydrogen (secondary N) is 2. The topological polar surface area (TPSA) is 116 Å². The van der Waals surface area contributed by atoms with Crippen LogP contribution in [0.15, 0.2) is 16.8 Å². The zero-order chi connectivity index (χ0) is 15.0. The third-order valence-corrected chi connectivity index (χ3v) is 4.50. The van der Waals surface area contributed by atoms with Crippen molar-refractivity contribution in [2.75, 3.05) is 11.9 Å². The van der Waals surface area contributed by atoms with Gasteiger partial charge in [-0.3, -0.25) is 10.1 Å². The van der Waals surface area contributed by atoms with Crippen molar-refractivity contribution in [1.29, 1.82) is 0 Å². The number of aromatic nitrogens is 4. The number of nitrogens with zero attached hydrogens (tertiary/aromatic N) is 5. The van der Waals surface area contributed by atoms with Crippen LogP contribution >= 0.6 is 0 Å². The van der Waals surface area contributed by atoms with Gasteiger partial charge in [-0.05, 0) is 16.7 Å². The van der Waals surface area contributed by atoms with Crippen LogP contribution in [0, 0.1) is 5.92 Å². The number of carbonyl (C=O) groups excluding carboxylic acids is 1. The Hall–Kier alpha value is -2.49. The van der Waals surface area contributed by atoms with Gasteiger partial charge in [-0.1, -0.05) is 18.9 Å². The molecule has 2 N–H and O–H groups in total. The van der Waals surface area contributed by atoms with Crippen LogP contribution < -0.4 is 5.32 Å². The van der Waals surface area contributed by atoms with Gasteiger partial charge in [0.1, 0.15) is 4.86 Å². The van der Waals surface area contributed by atoms with E-state index in [1.165, 1.54) is 0 Å². The summed E-state index contributed by atoms with van der Waals surface area (Å²) in [6.07, 6.45) is 3.56. The van der Waals surface area contributed by atoms with Gasteiger partial charge in [0.15, 0.2) is 0 Å². The van der Waals surface area contributed by atoms with E-state index in [4.69, 9.17) is 0 Å². The molecule has 9 nitrogen and oxygen atoms in total. The molecule has 0 radical (unpaired) electrons. The van der Waals surface area contributed by atoms with Crippen LogP contribution in [0.2, 0.25) is 0 Å². The van der Waals surface area contributed by atoms with Crippen molar-refractivity contribution >= 4 is 38.0 Å². The van der Waals surface area contributed by atoms with Crippen LogP contribution in [0.1, 0.15) is 13.8 Å². The number of hydrogen-bond donors (Lipinski definition) is 2. The lowest BCUT2D eigenvalue weighted by Crippen LogP contribution is -2.32. The average Bonchev–Trinajstić information content (AvgIpc) is 3.06. The smallest absolute Gasteiger partial charge is 0.270 e. The second-order valence-corrected chi connectivity index (χ2v) is 6.23. The highest BCUT2D eigenvalue weighted by Gasteiger charge is 2.27. The second kappa shape index (κ2) is 5.13. The summed E-state index contributed by atoms with van der Waals surface area (Å²) in [4.78, 5) is 18.3. The molecular formula is C11H13N7O2S. The van der Waals surface area contributed by atoms with Crippen LogP contribution in [0.25, 0.3) is 0 Å². The van der Waals surface area contributed by atoms with Crippen molar-refractivity contribution in [3.05, 3.63) is 11.8 Å². The quantitative estimate of drug-likeness (QED) is 0.698. The Morgan fingerprint density at radius 1 is 1.52 bits per heavy atom. The molecule has 0 aromatic carbocycles. The lowest BCUT2D eigenvalue weighted by atomic mass is 10.1. The Bertz CT molecular complexity index is 789. The highest BCUT2D eigenvalue weighted by Crippen LogP contribution is 2.15. The molecule has 2 aliphatic heterocycles. The minimum absolute atomic E-state index is 0.0429. The summed E-state index contributed by atoms with van der Waals surface area (Å²) >= 11 is 0. The van der Waals surface area contributed by atoms with E-state index in [9.17, 15) is 9.00 Å². The summed E-state index contributed by atoms with van der Waals surface area (Å²) in [5, 5.41) is 15.6. The third kappa shape index (κ3) is 2.44. The van der Waals surface area contributed by atoms with Gasteiger partial charge in [-0.2, -0.15) is 5.21 Å². The molecule has 0 saturated heterocycles. The van der Waals surface area contributed by atoms with Crippen molar-refractivity contribution < 1.29 is 9.00 Å². The summed E-state index contributed by atoms with van der Waals surface area (Å²) < 4.78 is 12.3. The number of anilines is 1. The maximum atomic E-state index is 12.3. The molecular weight excluding hydrogens is 294 g/mol. The minimum Gasteiger partial charge on any atom is -0.317 e. The van der Waals surface area contributed by atoms with Gasteiger partial charge in [0.05, 0.1) is 16.5 Å². The molecule has 110 valence electrons. The zero-order valence-corrected chi connectivity index (χ0v) is 12.2. The number of carbonyl (C=O) groups is 1. The van der Waals surface area contributed by atoms with Gasteiger partial charge >= 0.3 is 0 Å². The molecule has 1 aromatic rings. The van der Waals surface area contributed by atoms with Crippen LogP contribution in [0.3, 0.4) is 0 Å². The first-order chi connectivity index (χ1) is 10.1. The van der Waals surface area contributed by atoms with E-state index in [1.54, 1.807) is 11.1 Å². The predicted octanol–water partition coefficient (Wildman–Crippen LogP) is -0.913. The first-order valence-corrected chi connectivity index (χ1v) is 7.43. The fourth-order valence-electron chi connectivity index (χ4n) is 1.90. The molecule has 21 heavy (non-hydrogen) atoms. The molecule has 0 bridgehead atoms. The highest BCUT2D eigenvalue weighted by molar-refractivity contribution is 7.86. The molecule has 3 heterocycles. The van der Waals surface area contributed by atoms with E-state index in [1.807, 2.05) is 20.0 Å². The summed E-state index contributed by atoms with van der Waals surface area (Å²) in [5.74, 6) is -0.145. The van der Waals surface area contributed by atoms with Crippen LogP contribution in [0.4, 0.5) is 5.95 Å². The molecule has 1 aromatic heterocycles. The molecule has 0 atom stereocenters. The van der Waals surface area contributed by atoms with E-state index in [0.717, 1.165) is 5.57 Å². The van der Waals surface area contributed by atoms with Crippen molar-refractivity contribution in [3.8, 4) is 0 Å². The number of H-pyrrole nitrogens is 1. The molecule has 0 fully saturated rings. The van der Waals surface area contributed by atoms with E-state index in [0.29, 0.717) is 11.0 Å². The van der Waals surface area contributed by atoms with E-state index in [-0.39, 0.29) is 17.4 Å². The molecule has 3 rings (SSSR count). The number of rotatable bonds is 3. The van der Waals surface area contributed by atoms with Crippen LogP contribution in [-0.2, 0) is 14.8 Å². The molecule has 2 aliphatic rings. The Balaban J connectivity index is 1.86. The van der Waals surface area contributed by atoms with Crippen molar-refractivity contribution in [2.45, 2.75) is 13.8 Å². The first kappa shape index (κ1) is 13.5. The van der Waals surface area contributed by atoms with Crippen LogP contribution in [-0.4, -0.2) is 58.4 Å². The van der Waals surface area contributed by atoms with E-state index < -0.39 is 15.9 Å². The Morgan fingerprint density at radius 2 is 2.33 bits per heavy atom. The molecule has 0 aliphatic carbocycles. The summed E-state index contributed by atoms with van der Waals surface area (Å²) in [5.41, 5.74) is 1.02. The predicted molar refractivity (Wildman–Crippen MR) is 79.1 cm³/mol. The fourth-order valence-corrected chi connectivity index (χ4v) is 3.08. The van der Waals surface area contributed by atoms with E-state index >= 15 is 0 Å². The molecule has 10 heteroatoms. The molecule has 0 saturated carbocycles. The summed E-state index contributed by atoms with van der Waals surface area (Å²) in [6, 6.07) is 0. The maximum absolute atomic E-state index is 12.3. The maximum Gasteiger partial charge on any atom is 0.270 e. The summed E-state index contributed by atoms with van der Waals surface area (Å²) in [6.45, 7) is 4.33. The number of amides is 1. The SMILES string of the molecule is CC(C)C1=CN2CC(C(=O)Nc3nn[nH]n3)=S(=O)=C2N=C1. The van der Waals surface area contributed by atoms with Crippen LogP contribution in [0.5, 0.6) is 0 Å². The highest BCUT2D eigenvalue weighted by atomic mass is 32.1. The van der Waals surface area contributed by atoms with Gasteiger partial charge in [0.25, 0.3) is 11.9 Å². The van der Waals surface area contributed by atoms with Gasteiger partial charge in [0, 0.05) is 12.4 Å². The Morgan fingerprint density at radius 3 is 3.00 bits per heavy atom. The van der Waals surface area contributed by atoms with Gasteiger partial charge < -0.3 is 4.90 Å². The number of tetrazole rings is 1. The molecule has 0 spiro atoms. The first-order valence-electron chi connectivity index (χ1n) is 6.28. The van der Waals surface area contributed by atoms with Crippen molar-refractivity contribution in [1.82, 2.24) is 25.5 Å². The van der Waals surface area contributed by atoms with Crippen molar-refractivity contribution in [3.63, 3.8) is 0 Å². The number of hydrogen-bond acceptors (Lipinski definition) is 7. The number of aliphatic imine (C=N–C) groups is 1. The largest absolute Gasteiger partial charge is 0.317 e. The van der Waals surface area contributed by atoms with Crippen molar-refractivity contribution in [2.24, 2.45) is 10.9 Å². The average molecular weight is 307 g/mol. The fraction of sp³-hybridized carbons (Fsp3) is 0.364. The Labute approximate surface area is 121 Å². The third-order valence-electron chi connectivity index (χ3n) is 3.07. The van der Waals surface area contributed by atoms with Gasteiger partial charge in [-0.15, -0.1) is 5.10 Å². The van der Waals surface area contributed by atoms with Gasteiger partial charge in [-0.25, -0.2) is 9.20 Å². The number of aromatic amines is 1. The van der Waals surface area contributed by atoms with E-state index in [2.05, 4.69) is 30.9 Å². The lowest BCUT2D eigenvalue weighted by Gasteiger charge is -2.20. The lowest BCUT2D eigenvalue weighted by molar-refractivity contribution is -0.110. The van der Waals surface area contributed by atoms with Gasteiger partial charge in [0.2, 0.25) is 5.11 Å². The normalized spacial score (nSPS) is 17.4. The Kier molecular flexibility index (Phi) is 3.29. The molecule has 0 unspecified atom stereocenters. The second-order valence-electron chi connectivity index (χ2n) is 4.83.